The van der Waals surface area contributed by atoms with E-state index in [2.05, 4.69) is 9.88 Å². The van der Waals surface area contributed by atoms with Crippen molar-refractivity contribution in [3.05, 3.63) is 46.8 Å². The van der Waals surface area contributed by atoms with Crippen molar-refractivity contribution in [3.63, 3.8) is 0 Å². The molecule has 1 spiro atoms. The Bertz CT molecular complexity index is 1270. The van der Waals surface area contributed by atoms with Gasteiger partial charge in [-0.3, -0.25) is 4.98 Å². The lowest BCUT2D eigenvalue weighted by molar-refractivity contribution is 0.0602. The summed E-state index contributed by atoms with van der Waals surface area (Å²) in [4.78, 5) is 23.2. The van der Waals surface area contributed by atoms with E-state index in [1.807, 2.05) is 24.3 Å². The largest absolute Gasteiger partial charge is 0.465 e. The standard InChI is InChI=1S/C21H22N4O4S3/c1-29-20(26)19-17(6-12-30-19)32(27,28)25-11-13-31-21(25)7-9-24(10-8-21)18-14-22-15-4-2-3-5-16(15)23-18/h2-6,12,14H,7-11,13H2,1H3. The number of thioether (sulfide) groups is 1. The van der Waals surface area contributed by atoms with Crippen molar-refractivity contribution in [1.82, 2.24) is 14.3 Å². The number of benzene rings is 1. The quantitative estimate of drug-likeness (QED) is 0.515. The van der Waals surface area contributed by atoms with Crippen LogP contribution in [-0.2, 0) is 14.8 Å². The zero-order valence-corrected chi connectivity index (χ0v) is 19.9. The molecule has 0 amide bonds. The minimum Gasteiger partial charge on any atom is -0.465 e. The van der Waals surface area contributed by atoms with Crippen molar-refractivity contribution in [2.45, 2.75) is 22.6 Å². The molecule has 2 aliphatic rings. The molecule has 4 heterocycles. The predicted octanol–water partition coefficient (Wildman–Crippen LogP) is 3.21. The minimum atomic E-state index is -3.82. The fraction of sp³-hybridized carbons (Fsp3) is 0.381. The number of hydrogen-bond acceptors (Lipinski definition) is 9. The first-order valence-corrected chi connectivity index (χ1v) is 13.5. The Hall–Kier alpha value is -2.21. The number of aromatic nitrogens is 2. The molecule has 0 radical (unpaired) electrons. The van der Waals surface area contributed by atoms with Gasteiger partial charge in [-0.15, -0.1) is 23.1 Å². The first kappa shape index (κ1) is 21.6. The summed E-state index contributed by atoms with van der Waals surface area (Å²) in [7, 11) is -2.56. The van der Waals surface area contributed by atoms with E-state index >= 15 is 0 Å². The molecule has 2 fully saturated rings. The highest BCUT2D eigenvalue weighted by Crippen LogP contribution is 2.47. The van der Waals surface area contributed by atoms with Crippen molar-refractivity contribution in [2.75, 3.05) is 37.4 Å². The molecular formula is C21H22N4O4S3. The Labute approximate surface area is 194 Å². The number of fused-ring (bicyclic) bond motifs is 1. The van der Waals surface area contributed by atoms with Gasteiger partial charge in [-0.2, -0.15) is 4.31 Å². The van der Waals surface area contributed by atoms with Crippen LogP contribution in [0, 0.1) is 0 Å². The third kappa shape index (κ3) is 3.57. The number of carbonyl (C=O) groups excluding carboxylic acids is 1. The molecule has 11 heteroatoms. The Balaban J connectivity index is 1.39. The Kier molecular flexibility index (Phi) is 5.60. The third-order valence-corrected chi connectivity index (χ3v) is 10.7. The van der Waals surface area contributed by atoms with Gasteiger partial charge >= 0.3 is 5.97 Å². The van der Waals surface area contributed by atoms with Gasteiger partial charge in [0.15, 0.2) is 0 Å². The van der Waals surface area contributed by atoms with E-state index in [4.69, 9.17) is 9.72 Å². The molecule has 2 aliphatic heterocycles. The van der Waals surface area contributed by atoms with Gasteiger partial charge in [0.25, 0.3) is 0 Å². The highest BCUT2D eigenvalue weighted by atomic mass is 32.2. The van der Waals surface area contributed by atoms with Gasteiger partial charge in [0.1, 0.15) is 15.6 Å². The number of piperidine rings is 1. The first-order valence-electron chi connectivity index (χ1n) is 10.2. The van der Waals surface area contributed by atoms with Crippen LogP contribution in [0.4, 0.5) is 5.82 Å². The number of carbonyl (C=O) groups is 1. The molecule has 2 aromatic heterocycles. The van der Waals surface area contributed by atoms with Crippen LogP contribution in [0.3, 0.4) is 0 Å². The van der Waals surface area contributed by atoms with E-state index in [1.54, 1.807) is 27.6 Å². The first-order chi connectivity index (χ1) is 15.4. The average molecular weight is 491 g/mol. The molecule has 0 N–H and O–H groups in total. The zero-order chi connectivity index (χ0) is 22.3. The van der Waals surface area contributed by atoms with Crippen molar-refractivity contribution in [1.29, 1.82) is 0 Å². The molecule has 3 aromatic rings. The molecule has 0 bridgehead atoms. The summed E-state index contributed by atoms with van der Waals surface area (Å²) in [6.45, 7) is 1.79. The van der Waals surface area contributed by atoms with Gasteiger partial charge < -0.3 is 9.64 Å². The van der Waals surface area contributed by atoms with Gasteiger partial charge in [0.2, 0.25) is 10.0 Å². The number of methoxy groups -OCH3 is 1. The number of nitrogens with zero attached hydrogens (tertiary/aromatic N) is 4. The molecule has 32 heavy (non-hydrogen) atoms. The normalized spacial score (nSPS) is 19.0. The molecule has 168 valence electrons. The van der Waals surface area contributed by atoms with Crippen LogP contribution in [0.1, 0.15) is 22.5 Å². The van der Waals surface area contributed by atoms with E-state index in [9.17, 15) is 13.2 Å². The minimum absolute atomic E-state index is 0.0408. The molecular weight excluding hydrogens is 468 g/mol. The SMILES string of the molecule is COC(=O)c1sccc1S(=O)(=O)N1CCSC12CCN(c1cnc3ccccc3n1)CC2. The van der Waals surface area contributed by atoms with Crippen LogP contribution in [0.25, 0.3) is 11.0 Å². The van der Waals surface area contributed by atoms with Crippen LogP contribution >= 0.6 is 23.1 Å². The zero-order valence-electron chi connectivity index (χ0n) is 17.4. The number of sulfonamides is 1. The Morgan fingerprint density at radius 3 is 2.62 bits per heavy atom. The van der Waals surface area contributed by atoms with Gasteiger partial charge in [0, 0.05) is 25.4 Å². The lowest BCUT2D eigenvalue weighted by atomic mass is 10.0. The molecule has 8 nitrogen and oxygen atoms in total. The molecule has 5 rings (SSSR count). The summed E-state index contributed by atoms with van der Waals surface area (Å²) in [5.74, 6) is 0.915. The van der Waals surface area contributed by atoms with Gasteiger partial charge in [-0.05, 0) is 36.4 Å². The monoisotopic (exact) mass is 490 g/mol. The second-order valence-corrected chi connectivity index (χ2v) is 11.9. The number of esters is 1. The maximum atomic E-state index is 13.6. The molecule has 0 saturated carbocycles. The van der Waals surface area contributed by atoms with Crippen molar-refractivity contribution in [2.24, 2.45) is 0 Å². The lowest BCUT2D eigenvalue weighted by Crippen LogP contribution is -2.52. The smallest absolute Gasteiger partial charge is 0.349 e. The van der Waals surface area contributed by atoms with E-state index < -0.39 is 20.9 Å². The van der Waals surface area contributed by atoms with Crippen molar-refractivity contribution in [3.8, 4) is 0 Å². The molecule has 2 saturated heterocycles. The van der Waals surface area contributed by atoms with Crippen LogP contribution in [0.2, 0.25) is 0 Å². The lowest BCUT2D eigenvalue weighted by Gasteiger charge is -2.43. The molecule has 0 atom stereocenters. The maximum Gasteiger partial charge on any atom is 0.349 e. The summed E-state index contributed by atoms with van der Waals surface area (Å²) in [5, 5.41) is 1.62. The highest BCUT2D eigenvalue weighted by Gasteiger charge is 2.50. The van der Waals surface area contributed by atoms with E-state index in [-0.39, 0.29) is 9.77 Å². The molecule has 0 unspecified atom stereocenters. The summed E-state index contributed by atoms with van der Waals surface area (Å²) >= 11 is 2.78. The Morgan fingerprint density at radius 1 is 1.12 bits per heavy atom. The van der Waals surface area contributed by atoms with Crippen LogP contribution in [0.15, 0.2) is 46.8 Å². The fourth-order valence-corrected chi connectivity index (χ4v) is 9.30. The maximum absolute atomic E-state index is 13.6. The summed E-state index contributed by atoms with van der Waals surface area (Å²) in [6.07, 6.45) is 3.12. The predicted molar refractivity (Wildman–Crippen MR) is 126 cm³/mol. The van der Waals surface area contributed by atoms with Crippen LogP contribution < -0.4 is 4.90 Å². The number of para-hydroxylation sites is 2. The van der Waals surface area contributed by atoms with Crippen LogP contribution in [0.5, 0.6) is 0 Å². The van der Waals surface area contributed by atoms with Crippen molar-refractivity contribution >= 4 is 55.9 Å². The Morgan fingerprint density at radius 2 is 1.88 bits per heavy atom. The summed E-state index contributed by atoms with van der Waals surface area (Å²) < 4.78 is 33.6. The van der Waals surface area contributed by atoms with E-state index in [1.165, 1.54) is 13.2 Å². The van der Waals surface area contributed by atoms with Crippen LogP contribution in [-0.4, -0.2) is 66.0 Å². The van der Waals surface area contributed by atoms with Gasteiger partial charge in [0.05, 0.1) is 29.2 Å². The molecule has 1 aromatic carbocycles. The molecule has 0 aliphatic carbocycles. The second kappa shape index (κ2) is 8.29. The average Bonchev–Trinajstić information content (AvgIpc) is 3.47. The number of thiophene rings is 1. The third-order valence-electron chi connectivity index (χ3n) is 5.99. The van der Waals surface area contributed by atoms with E-state index in [0.717, 1.165) is 33.9 Å². The number of rotatable bonds is 4. The number of anilines is 1. The fourth-order valence-electron chi connectivity index (χ4n) is 4.37. The summed E-state index contributed by atoms with van der Waals surface area (Å²) in [5.41, 5.74) is 1.70. The number of ether oxygens (including phenoxy) is 1. The van der Waals surface area contributed by atoms with Gasteiger partial charge in [-0.25, -0.2) is 18.2 Å². The number of hydrogen-bond donors (Lipinski definition) is 0. The van der Waals surface area contributed by atoms with Gasteiger partial charge in [-0.1, -0.05) is 12.1 Å². The topological polar surface area (TPSA) is 92.7 Å². The highest BCUT2D eigenvalue weighted by molar-refractivity contribution is 8.02. The van der Waals surface area contributed by atoms with E-state index in [0.29, 0.717) is 32.5 Å². The summed E-state index contributed by atoms with van der Waals surface area (Å²) in [6, 6.07) is 9.26. The van der Waals surface area contributed by atoms with Crippen molar-refractivity contribution < 1.29 is 17.9 Å². The second-order valence-electron chi connectivity index (χ2n) is 7.68.